The molecular weight excluding hydrogens is 271 g/mol. The SMILES string of the molecule is CC(C)CC(C)(O)CNC(=O)c1cc(F)c(F)c(F)c1. The van der Waals surface area contributed by atoms with Gasteiger partial charge in [-0.2, -0.15) is 0 Å². The van der Waals surface area contributed by atoms with Crippen LogP contribution in [0, 0.1) is 23.4 Å². The van der Waals surface area contributed by atoms with E-state index in [9.17, 15) is 23.1 Å². The van der Waals surface area contributed by atoms with Crippen LogP contribution in [0.3, 0.4) is 0 Å². The normalized spacial score (nSPS) is 14.2. The van der Waals surface area contributed by atoms with Crippen LogP contribution < -0.4 is 5.32 Å². The van der Waals surface area contributed by atoms with E-state index in [0.29, 0.717) is 18.6 Å². The lowest BCUT2D eigenvalue weighted by Crippen LogP contribution is -2.41. The zero-order valence-electron chi connectivity index (χ0n) is 11.6. The maximum absolute atomic E-state index is 13.0. The molecule has 6 heteroatoms. The van der Waals surface area contributed by atoms with E-state index in [4.69, 9.17) is 0 Å². The van der Waals surface area contributed by atoms with Crippen molar-refractivity contribution in [1.29, 1.82) is 0 Å². The van der Waals surface area contributed by atoms with Crippen LogP contribution in [0.2, 0.25) is 0 Å². The summed E-state index contributed by atoms with van der Waals surface area (Å²) >= 11 is 0. The van der Waals surface area contributed by atoms with E-state index in [-0.39, 0.29) is 18.0 Å². The van der Waals surface area contributed by atoms with E-state index in [1.165, 1.54) is 0 Å². The lowest BCUT2D eigenvalue weighted by molar-refractivity contribution is 0.0368. The number of carbonyl (C=O) groups is 1. The molecule has 0 saturated carbocycles. The summed E-state index contributed by atoms with van der Waals surface area (Å²) in [5.74, 6) is -5.02. The Hall–Kier alpha value is -1.56. The van der Waals surface area contributed by atoms with Gasteiger partial charge in [-0.15, -0.1) is 0 Å². The van der Waals surface area contributed by atoms with Gasteiger partial charge in [-0.1, -0.05) is 13.8 Å². The molecule has 0 aliphatic carbocycles. The fourth-order valence-corrected chi connectivity index (χ4v) is 2.01. The topological polar surface area (TPSA) is 49.3 Å². The lowest BCUT2D eigenvalue weighted by atomic mass is 9.94. The molecular formula is C14H18F3NO2. The maximum atomic E-state index is 13.0. The van der Waals surface area contributed by atoms with Crippen molar-refractivity contribution in [2.75, 3.05) is 6.54 Å². The van der Waals surface area contributed by atoms with E-state index in [1.807, 2.05) is 13.8 Å². The average Bonchev–Trinajstić information content (AvgIpc) is 2.31. The van der Waals surface area contributed by atoms with Crippen LogP contribution >= 0.6 is 0 Å². The zero-order chi connectivity index (χ0) is 15.5. The fourth-order valence-electron chi connectivity index (χ4n) is 2.01. The molecule has 0 bridgehead atoms. The first-order chi connectivity index (χ1) is 9.12. The van der Waals surface area contributed by atoms with Gasteiger partial charge in [0.25, 0.3) is 5.91 Å². The van der Waals surface area contributed by atoms with Crippen molar-refractivity contribution < 1.29 is 23.1 Å². The highest BCUT2D eigenvalue weighted by Gasteiger charge is 2.23. The monoisotopic (exact) mass is 289 g/mol. The van der Waals surface area contributed by atoms with Crippen molar-refractivity contribution in [2.45, 2.75) is 32.8 Å². The second kappa shape index (κ2) is 6.26. The molecule has 0 radical (unpaired) electrons. The molecule has 1 rings (SSSR count). The molecule has 2 N–H and O–H groups in total. The average molecular weight is 289 g/mol. The number of carbonyl (C=O) groups excluding carboxylic acids is 1. The predicted octanol–water partition coefficient (Wildman–Crippen LogP) is 2.63. The molecule has 0 fully saturated rings. The molecule has 112 valence electrons. The predicted molar refractivity (Wildman–Crippen MR) is 68.7 cm³/mol. The van der Waals surface area contributed by atoms with Crippen molar-refractivity contribution in [2.24, 2.45) is 5.92 Å². The Morgan fingerprint density at radius 1 is 1.30 bits per heavy atom. The van der Waals surface area contributed by atoms with E-state index >= 15 is 0 Å². The molecule has 1 aromatic rings. The Morgan fingerprint density at radius 3 is 2.25 bits per heavy atom. The minimum absolute atomic E-state index is 0.0649. The summed E-state index contributed by atoms with van der Waals surface area (Å²) in [6, 6.07) is 1.23. The molecule has 0 saturated heterocycles. The van der Waals surface area contributed by atoms with Gasteiger partial charge < -0.3 is 10.4 Å². The van der Waals surface area contributed by atoms with E-state index in [0.717, 1.165) is 0 Å². The second-order valence-electron chi connectivity index (χ2n) is 5.53. The summed E-state index contributed by atoms with van der Waals surface area (Å²) in [5.41, 5.74) is -1.46. The van der Waals surface area contributed by atoms with Crippen molar-refractivity contribution in [1.82, 2.24) is 5.32 Å². The van der Waals surface area contributed by atoms with Gasteiger partial charge in [0.1, 0.15) is 0 Å². The minimum atomic E-state index is -1.62. The number of benzene rings is 1. The number of halogens is 3. The van der Waals surface area contributed by atoms with Crippen molar-refractivity contribution >= 4 is 5.91 Å². The van der Waals surface area contributed by atoms with Gasteiger partial charge in [-0.3, -0.25) is 4.79 Å². The Balaban J connectivity index is 2.73. The van der Waals surface area contributed by atoms with E-state index in [2.05, 4.69) is 5.32 Å². The quantitative estimate of drug-likeness (QED) is 0.819. The van der Waals surface area contributed by atoms with Gasteiger partial charge in [-0.05, 0) is 31.4 Å². The summed E-state index contributed by atoms with van der Waals surface area (Å²) in [7, 11) is 0. The highest BCUT2D eigenvalue weighted by Crippen LogP contribution is 2.16. The minimum Gasteiger partial charge on any atom is -0.388 e. The fraction of sp³-hybridized carbons (Fsp3) is 0.500. The van der Waals surface area contributed by atoms with E-state index in [1.54, 1.807) is 6.92 Å². The van der Waals surface area contributed by atoms with Crippen LogP contribution in [0.4, 0.5) is 13.2 Å². The summed E-state index contributed by atoms with van der Waals surface area (Å²) < 4.78 is 38.8. The molecule has 1 atom stereocenters. The third-order valence-electron chi connectivity index (χ3n) is 2.72. The molecule has 0 aliphatic heterocycles. The number of aliphatic hydroxyl groups is 1. The highest BCUT2D eigenvalue weighted by atomic mass is 19.2. The van der Waals surface area contributed by atoms with Crippen molar-refractivity contribution in [3.63, 3.8) is 0 Å². The van der Waals surface area contributed by atoms with Gasteiger partial charge in [0.05, 0.1) is 5.60 Å². The second-order valence-corrected chi connectivity index (χ2v) is 5.53. The first kappa shape index (κ1) is 16.5. The largest absolute Gasteiger partial charge is 0.388 e. The number of hydrogen-bond acceptors (Lipinski definition) is 2. The first-order valence-electron chi connectivity index (χ1n) is 6.27. The van der Waals surface area contributed by atoms with Crippen molar-refractivity contribution in [3.05, 3.63) is 35.1 Å². The third-order valence-corrected chi connectivity index (χ3v) is 2.72. The molecule has 3 nitrogen and oxygen atoms in total. The molecule has 0 aromatic heterocycles. The van der Waals surface area contributed by atoms with Crippen LogP contribution in [0.5, 0.6) is 0 Å². The Bertz CT molecular complexity index is 478. The first-order valence-corrected chi connectivity index (χ1v) is 6.27. The molecule has 1 unspecified atom stereocenters. The molecule has 0 aliphatic rings. The number of nitrogens with one attached hydrogen (secondary N) is 1. The van der Waals surface area contributed by atoms with Crippen LogP contribution in [-0.4, -0.2) is 23.2 Å². The molecule has 0 spiro atoms. The summed E-state index contributed by atoms with van der Waals surface area (Å²) in [4.78, 5) is 11.7. The van der Waals surface area contributed by atoms with Crippen LogP contribution in [0.15, 0.2) is 12.1 Å². The number of rotatable bonds is 5. The van der Waals surface area contributed by atoms with Gasteiger partial charge in [0.15, 0.2) is 17.5 Å². The Kier molecular flexibility index (Phi) is 5.16. The Labute approximate surface area is 115 Å². The number of amides is 1. The molecule has 0 heterocycles. The van der Waals surface area contributed by atoms with Gasteiger partial charge >= 0.3 is 0 Å². The zero-order valence-corrected chi connectivity index (χ0v) is 11.6. The smallest absolute Gasteiger partial charge is 0.251 e. The van der Waals surface area contributed by atoms with Crippen LogP contribution in [-0.2, 0) is 0 Å². The summed E-state index contributed by atoms with van der Waals surface area (Å²) in [5, 5.41) is 12.4. The third kappa shape index (κ3) is 4.52. The standard InChI is InChI=1S/C14H18F3NO2/c1-8(2)6-14(3,20)7-18-13(19)9-4-10(15)12(17)11(16)5-9/h4-5,8,20H,6-7H2,1-3H3,(H,18,19). The van der Waals surface area contributed by atoms with E-state index < -0.39 is 29.0 Å². The molecule has 1 aromatic carbocycles. The molecule has 20 heavy (non-hydrogen) atoms. The van der Waals surface area contributed by atoms with Gasteiger partial charge in [-0.25, -0.2) is 13.2 Å². The summed E-state index contributed by atoms with van der Waals surface area (Å²) in [6.07, 6.45) is 0.458. The maximum Gasteiger partial charge on any atom is 0.251 e. The van der Waals surface area contributed by atoms with Crippen LogP contribution in [0.1, 0.15) is 37.6 Å². The summed E-state index contributed by atoms with van der Waals surface area (Å²) in [6.45, 7) is 5.33. The van der Waals surface area contributed by atoms with Crippen LogP contribution in [0.25, 0.3) is 0 Å². The van der Waals surface area contributed by atoms with Crippen molar-refractivity contribution in [3.8, 4) is 0 Å². The number of hydrogen-bond donors (Lipinski definition) is 2. The van der Waals surface area contributed by atoms with Gasteiger partial charge in [0.2, 0.25) is 0 Å². The lowest BCUT2D eigenvalue weighted by Gasteiger charge is -2.25. The molecule has 1 amide bonds. The Morgan fingerprint density at radius 2 is 1.80 bits per heavy atom. The van der Waals surface area contributed by atoms with Gasteiger partial charge in [0, 0.05) is 12.1 Å². The highest BCUT2D eigenvalue weighted by molar-refractivity contribution is 5.94.